The molecule has 0 aliphatic carbocycles. The molecule has 16 heavy (non-hydrogen) atoms. The maximum Gasteiger partial charge on any atom is 0.138 e. The molecule has 0 spiro atoms. The van der Waals surface area contributed by atoms with Gasteiger partial charge in [-0.3, -0.25) is 4.79 Å². The molecule has 0 amide bonds. The van der Waals surface area contributed by atoms with E-state index in [-0.39, 0.29) is 5.78 Å². The summed E-state index contributed by atoms with van der Waals surface area (Å²) in [6.07, 6.45) is 2.01. The van der Waals surface area contributed by atoms with Gasteiger partial charge >= 0.3 is 0 Å². The molecule has 0 aromatic heterocycles. The molecular formula is C13H16BrClO. The summed E-state index contributed by atoms with van der Waals surface area (Å²) in [5, 5.41) is 0. The average Bonchev–Trinajstić information content (AvgIpc) is 2.29. The molecule has 0 aliphatic heterocycles. The first-order valence-electron chi connectivity index (χ1n) is 5.48. The van der Waals surface area contributed by atoms with Crippen LogP contribution >= 0.6 is 27.5 Å². The Bertz CT molecular complexity index is 334. The Morgan fingerprint density at radius 2 is 2.00 bits per heavy atom. The minimum atomic E-state index is 0.202. The van der Waals surface area contributed by atoms with Crippen molar-refractivity contribution in [3.8, 4) is 0 Å². The summed E-state index contributed by atoms with van der Waals surface area (Å²) in [6.45, 7) is 2.14. The Morgan fingerprint density at radius 3 is 2.50 bits per heavy atom. The third kappa shape index (κ3) is 4.26. The van der Waals surface area contributed by atoms with Crippen LogP contribution in [-0.4, -0.2) is 11.7 Å². The lowest BCUT2D eigenvalue weighted by atomic mass is 10.0. The van der Waals surface area contributed by atoms with Gasteiger partial charge < -0.3 is 0 Å². The van der Waals surface area contributed by atoms with E-state index in [9.17, 15) is 4.79 Å². The van der Waals surface area contributed by atoms with E-state index in [2.05, 4.69) is 35.0 Å². The smallest absolute Gasteiger partial charge is 0.138 e. The van der Waals surface area contributed by atoms with E-state index in [4.69, 9.17) is 11.6 Å². The lowest BCUT2D eigenvalue weighted by molar-refractivity contribution is -0.118. The third-order valence-corrected chi connectivity index (χ3v) is 3.84. The first-order valence-corrected chi connectivity index (χ1v) is 6.93. The van der Waals surface area contributed by atoms with Gasteiger partial charge in [0.1, 0.15) is 5.78 Å². The Balaban J connectivity index is 2.61. The molecule has 1 aromatic carbocycles. The number of rotatable bonds is 6. The molecule has 0 saturated heterocycles. The lowest BCUT2D eigenvalue weighted by Gasteiger charge is -2.07. The largest absolute Gasteiger partial charge is 0.299 e. The zero-order valence-corrected chi connectivity index (χ0v) is 11.7. The van der Waals surface area contributed by atoms with Crippen LogP contribution in [0.15, 0.2) is 24.3 Å². The highest BCUT2D eigenvalue weighted by atomic mass is 79.9. The second-order valence-electron chi connectivity index (χ2n) is 3.77. The predicted molar refractivity (Wildman–Crippen MR) is 72.4 cm³/mol. The van der Waals surface area contributed by atoms with Crippen LogP contribution in [0.2, 0.25) is 0 Å². The van der Waals surface area contributed by atoms with E-state index in [1.807, 2.05) is 12.1 Å². The lowest BCUT2D eigenvalue weighted by Crippen LogP contribution is -2.03. The van der Waals surface area contributed by atoms with Gasteiger partial charge in [0.05, 0.1) is 0 Å². The summed E-state index contributed by atoms with van der Waals surface area (Å²) in [6, 6.07) is 8.19. The van der Waals surface area contributed by atoms with Gasteiger partial charge in [-0.25, -0.2) is 0 Å². The average molecular weight is 304 g/mol. The first kappa shape index (κ1) is 13.7. The van der Waals surface area contributed by atoms with Gasteiger partial charge in [0.15, 0.2) is 0 Å². The molecule has 0 bridgehead atoms. The summed E-state index contributed by atoms with van der Waals surface area (Å²) in [4.78, 5) is 11.8. The van der Waals surface area contributed by atoms with Gasteiger partial charge in [-0.15, -0.1) is 11.6 Å². The molecular weight excluding hydrogens is 287 g/mol. The van der Waals surface area contributed by atoms with Crippen molar-refractivity contribution in [2.24, 2.45) is 0 Å². The molecule has 88 valence electrons. The van der Waals surface area contributed by atoms with Crippen LogP contribution in [-0.2, 0) is 11.2 Å². The minimum Gasteiger partial charge on any atom is -0.299 e. The molecule has 0 radical (unpaired) electrons. The highest BCUT2D eigenvalue weighted by Gasteiger charge is 2.06. The van der Waals surface area contributed by atoms with Crippen LogP contribution in [0.25, 0.3) is 0 Å². The van der Waals surface area contributed by atoms with Crippen LogP contribution in [0.5, 0.6) is 0 Å². The van der Waals surface area contributed by atoms with Crippen molar-refractivity contribution in [2.45, 2.75) is 31.0 Å². The molecule has 1 atom stereocenters. The third-order valence-electron chi connectivity index (χ3n) is 2.47. The zero-order valence-electron chi connectivity index (χ0n) is 9.38. The monoisotopic (exact) mass is 302 g/mol. The number of carbonyl (C=O) groups excluding carboxylic acids is 1. The molecule has 0 aliphatic rings. The van der Waals surface area contributed by atoms with Gasteiger partial charge in [0.25, 0.3) is 0 Å². The number of alkyl halides is 2. The number of benzene rings is 1. The van der Waals surface area contributed by atoms with Crippen molar-refractivity contribution in [3.63, 3.8) is 0 Å². The van der Waals surface area contributed by atoms with Crippen LogP contribution in [0.1, 0.15) is 35.7 Å². The van der Waals surface area contributed by atoms with Gasteiger partial charge in [-0.1, -0.05) is 47.1 Å². The van der Waals surface area contributed by atoms with E-state index in [0.29, 0.717) is 23.5 Å². The predicted octanol–water partition coefficient (Wildman–Crippen LogP) is 4.27. The Morgan fingerprint density at radius 1 is 1.38 bits per heavy atom. The summed E-state index contributed by atoms with van der Waals surface area (Å²) in [5.74, 6) is 0.615. The molecule has 3 heteroatoms. The molecule has 0 fully saturated rings. The summed E-state index contributed by atoms with van der Waals surface area (Å²) < 4.78 is 0. The Hall–Kier alpha value is -0.340. The number of hydrogen-bond acceptors (Lipinski definition) is 1. The maximum atomic E-state index is 11.4. The fraction of sp³-hybridized carbons (Fsp3) is 0.462. The summed E-state index contributed by atoms with van der Waals surface area (Å²) in [5.41, 5.74) is 2.32. The quantitative estimate of drug-likeness (QED) is 0.717. The number of hydrogen-bond donors (Lipinski definition) is 0. The molecule has 0 saturated carbocycles. The SMILES string of the molecule is CCC(Br)c1ccc(CC(=O)CCCl)cc1. The standard InChI is InChI=1S/C13H16BrClO/c1-2-13(14)11-5-3-10(4-6-11)9-12(16)7-8-15/h3-6,13H,2,7-9H2,1H3. The molecule has 0 heterocycles. The normalized spacial score (nSPS) is 12.4. The van der Waals surface area contributed by atoms with Crippen molar-refractivity contribution in [3.05, 3.63) is 35.4 Å². The van der Waals surface area contributed by atoms with Gasteiger partial charge in [-0.05, 0) is 17.5 Å². The Kier molecular flexibility index (Phi) is 6.07. The molecule has 1 aromatic rings. The van der Waals surface area contributed by atoms with E-state index in [1.54, 1.807) is 0 Å². The van der Waals surface area contributed by atoms with E-state index < -0.39 is 0 Å². The van der Waals surface area contributed by atoms with Crippen LogP contribution in [0.3, 0.4) is 0 Å². The van der Waals surface area contributed by atoms with Crippen molar-refractivity contribution < 1.29 is 4.79 Å². The van der Waals surface area contributed by atoms with Crippen molar-refractivity contribution in [1.29, 1.82) is 0 Å². The Labute approximate surface area is 110 Å². The van der Waals surface area contributed by atoms with Crippen LogP contribution < -0.4 is 0 Å². The maximum absolute atomic E-state index is 11.4. The topological polar surface area (TPSA) is 17.1 Å². The number of Topliss-reactive ketones (excluding diaryl/α,β-unsaturated/α-hetero) is 1. The van der Waals surface area contributed by atoms with Crippen molar-refractivity contribution >= 4 is 33.3 Å². The number of carbonyl (C=O) groups is 1. The minimum absolute atomic E-state index is 0.202. The summed E-state index contributed by atoms with van der Waals surface area (Å²) >= 11 is 9.12. The van der Waals surface area contributed by atoms with Gasteiger partial charge in [0.2, 0.25) is 0 Å². The van der Waals surface area contributed by atoms with Crippen LogP contribution in [0, 0.1) is 0 Å². The number of halogens is 2. The second kappa shape index (κ2) is 7.08. The van der Waals surface area contributed by atoms with Crippen LogP contribution in [0.4, 0.5) is 0 Å². The van der Waals surface area contributed by atoms with Crippen molar-refractivity contribution in [2.75, 3.05) is 5.88 Å². The fourth-order valence-corrected chi connectivity index (χ4v) is 2.02. The molecule has 1 nitrogen and oxygen atoms in total. The van der Waals surface area contributed by atoms with Crippen molar-refractivity contribution in [1.82, 2.24) is 0 Å². The fourth-order valence-electron chi connectivity index (χ4n) is 1.50. The van der Waals surface area contributed by atoms with E-state index in [1.165, 1.54) is 5.56 Å². The van der Waals surface area contributed by atoms with E-state index in [0.717, 1.165) is 12.0 Å². The highest BCUT2D eigenvalue weighted by Crippen LogP contribution is 2.25. The molecule has 1 unspecified atom stereocenters. The van der Waals surface area contributed by atoms with E-state index >= 15 is 0 Å². The summed E-state index contributed by atoms with van der Waals surface area (Å²) in [7, 11) is 0. The molecule has 0 N–H and O–H groups in total. The number of ketones is 1. The first-order chi connectivity index (χ1) is 7.67. The second-order valence-corrected chi connectivity index (χ2v) is 5.26. The zero-order chi connectivity index (χ0) is 12.0. The molecule has 1 rings (SSSR count). The highest BCUT2D eigenvalue weighted by molar-refractivity contribution is 9.09. The van der Waals surface area contributed by atoms with Gasteiger partial charge in [-0.2, -0.15) is 0 Å². The van der Waals surface area contributed by atoms with Gasteiger partial charge in [0, 0.05) is 23.5 Å².